The Kier molecular flexibility index (Phi) is 10.8. The van der Waals surface area contributed by atoms with Crippen molar-refractivity contribution in [1.82, 2.24) is 0 Å². The fourth-order valence-corrected chi connectivity index (χ4v) is 5.15. The van der Waals surface area contributed by atoms with Gasteiger partial charge in [-0.25, -0.2) is 0 Å². The zero-order valence-electron chi connectivity index (χ0n) is 20.5. The van der Waals surface area contributed by atoms with Crippen molar-refractivity contribution in [2.45, 2.75) is 89.9 Å². The zero-order valence-corrected chi connectivity index (χ0v) is 21.3. The largest absolute Gasteiger partial charge is 0.487 e. The maximum absolute atomic E-state index is 11.2. The van der Waals surface area contributed by atoms with E-state index in [2.05, 4.69) is 34.6 Å². The third kappa shape index (κ3) is 11.2. The van der Waals surface area contributed by atoms with Crippen molar-refractivity contribution in [2.75, 3.05) is 19.0 Å². The van der Waals surface area contributed by atoms with E-state index < -0.39 is 46.9 Å². The summed E-state index contributed by atoms with van der Waals surface area (Å²) in [6.45, 7) is 9.81. The molecule has 8 nitrogen and oxygen atoms in total. The highest BCUT2D eigenvalue weighted by Crippen LogP contribution is 2.38. The topological polar surface area (TPSA) is 145 Å². The van der Waals surface area contributed by atoms with Gasteiger partial charge < -0.3 is 25.2 Å². The summed E-state index contributed by atoms with van der Waals surface area (Å²) in [5.41, 5.74) is -0.0876. The first-order chi connectivity index (χ1) is 15.0. The minimum atomic E-state index is -4.20. The Morgan fingerprint density at radius 2 is 1.39 bits per heavy atom. The van der Waals surface area contributed by atoms with Crippen LogP contribution in [0.1, 0.15) is 72.3 Å². The molecule has 0 aliphatic carbocycles. The molecule has 0 saturated carbocycles. The first-order valence-corrected chi connectivity index (χ1v) is 12.9. The van der Waals surface area contributed by atoms with Crippen LogP contribution in [0, 0.1) is 5.41 Å². The van der Waals surface area contributed by atoms with Gasteiger partial charge in [0, 0.05) is 12.8 Å². The predicted octanol–water partition coefficient (Wildman–Crippen LogP) is 2.67. The molecule has 1 rings (SSSR count). The van der Waals surface area contributed by atoms with E-state index in [1.807, 2.05) is 12.1 Å². The Bertz CT molecular complexity index is 800. The minimum absolute atomic E-state index is 0.00578. The molecule has 1 aromatic carbocycles. The Labute approximate surface area is 198 Å². The van der Waals surface area contributed by atoms with Crippen LogP contribution < -0.4 is 4.74 Å². The van der Waals surface area contributed by atoms with Gasteiger partial charge in [0.25, 0.3) is 10.1 Å². The average molecular weight is 491 g/mol. The molecular weight excluding hydrogens is 448 g/mol. The summed E-state index contributed by atoms with van der Waals surface area (Å²) in [6, 6.07) is 7.48. The molecule has 0 fully saturated rings. The molecule has 0 aliphatic rings. The Morgan fingerprint density at radius 3 is 1.79 bits per heavy atom. The lowest BCUT2D eigenvalue weighted by Crippen LogP contribution is -2.44. The molecule has 0 aliphatic heterocycles. The van der Waals surface area contributed by atoms with Crippen molar-refractivity contribution in [2.24, 2.45) is 5.41 Å². The molecule has 1 aromatic rings. The smallest absolute Gasteiger partial charge is 0.264 e. The van der Waals surface area contributed by atoms with Crippen molar-refractivity contribution in [3.05, 3.63) is 29.8 Å². The molecule has 2 atom stereocenters. The number of hydrogen-bond acceptors (Lipinski definition) is 7. The fraction of sp³-hybridized carbons (Fsp3) is 0.750. The van der Waals surface area contributed by atoms with Crippen molar-refractivity contribution in [1.29, 1.82) is 0 Å². The molecule has 9 heteroatoms. The third-order valence-corrected chi connectivity index (χ3v) is 6.42. The van der Waals surface area contributed by atoms with Gasteiger partial charge in [-0.3, -0.25) is 4.55 Å². The predicted molar refractivity (Wildman–Crippen MR) is 128 cm³/mol. The summed E-state index contributed by atoms with van der Waals surface area (Å²) in [6.07, 6.45) is -1.50. The van der Waals surface area contributed by atoms with Crippen LogP contribution in [0.2, 0.25) is 0 Å². The van der Waals surface area contributed by atoms with E-state index >= 15 is 0 Å². The van der Waals surface area contributed by atoms with Crippen molar-refractivity contribution in [3.63, 3.8) is 0 Å². The van der Waals surface area contributed by atoms with Gasteiger partial charge in [0.1, 0.15) is 11.4 Å². The number of aliphatic hydroxyl groups excluding tert-OH is 4. The van der Waals surface area contributed by atoms with Gasteiger partial charge in [-0.2, -0.15) is 8.42 Å². The van der Waals surface area contributed by atoms with Crippen LogP contribution in [0.4, 0.5) is 0 Å². The Morgan fingerprint density at radius 1 is 0.909 bits per heavy atom. The van der Waals surface area contributed by atoms with Gasteiger partial charge >= 0.3 is 0 Å². The van der Waals surface area contributed by atoms with E-state index in [0.717, 1.165) is 12.0 Å². The lowest BCUT2D eigenvalue weighted by Gasteiger charge is -2.38. The second-order valence-electron chi connectivity index (χ2n) is 10.9. The van der Waals surface area contributed by atoms with Crippen molar-refractivity contribution < 1.29 is 38.1 Å². The van der Waals surface area contributed by atoms with E-state index in [9.17, 15) is 28.8 Å². The zero-order chi connectivity index (χ0) is 25.5. The normalized spacial score (nSPS) is 16.8. The number of hydrogen-bond donors (Lipinski definition) is 5. The lowest BCUT2D eigenvalue weighted by atomic mass is 9.72. The van der Waals surface area contributed by atoms with Crippen LogP contribution in [0.5, 0.6) is 5.75 Å². The fourth-order valence-electron chi connectivity index (χ4n) is 4.64. The number of ether oxygens (including phenoxy) is 1. The molecule has 192 valence electrons. The van der Waals surface area contributed by atoms with Crippen LogP contribution in [-0.4, -0.2) is 70.2 Å². The SMILES string of the molecule is CC(C)(C)CC(C)(C)c1ccc(OC(CCCS(=O)(=O)O)(CC(O)CO)CC(O)CO)cc1. The summed E-state index contributed by atoms with van der Waals surface area (Å²) < 4.78 is 37.7. The number of benzene rings is 1. The van der Waals surface area contributed by atoms with E-state index in [-0.39, 0.29) is 36.5 Å². The van der Waals surface area contributed by atoms with Gasteiger partial charge in [0.2, 0.25) is 0 Å². The van der Waals surface area contributed by atoms with Crippen LogP contribution >= 0.6 is 0 Å². The third-order valence-electron chi connectivity index (χ3n) is 5.61. The number of aliphatic hydroxyl groups is 4. The first-order valence-electron chi connectivity index (χ1n) is 11.3. The van der Waals surface area contributed by atoms with Crippen LogP contribution in [0.15, 0.2) is 24.3 Å². The highest BCUT2D eigenvalue weighted by Gasteiger charge is 2.37. The molecule has 0 saturated heterocycles. The van der Waals surface area contributed by atoms with Crippen LogP contribution in [-0.2, 0) is 15.5 Å². The molecule has 0 radical (unpaired) electrons. The highest BCUT2D eigenvalue weighted by molar-refractivity contribution is 7.85. The van der Waals surface area contributed by atoms with E-state index in [1.165, 1.54) is 0 Å². The molecular formula is C24H42O8S. The van der Waals surface area contributed by atoms with E-state index in [1.54, 1.807) is 12.1 Å². The minimum Gasteiger partial charge on any atom is -0.487 e. The summed E-state index contributed by atoms with van der Waals surface area (Å²) in [5, 5.41) is 39.0. The summed E-state index contributed by atoms with van der Waals surface area (Å²) in [4.78, 5) is 0. The summed E-state index contributed by atoms with van der Waals surface area (Å²) in [7, 11) is -4.20. The Balaban J connectivity index is 3.22. The molecule has 0 bridgehead atoms. The van der Waals surface area contributed by atoms with E-state index in [0.29, 0.717) is 5.75 Å². The highest BCUT2D eigenvalue weighted by atomic mass is 32.2. The maximum Gasteiger partial charge on any atom is 0.264 e. The molecule has 33 heavy (non-hydrogen) atoms. The second-order valence-corrected chi connectivity index (χ2v) is 12.5. The quantitative estimate of drug-likeness (QED) is 0.250. The molecule has 0 aromatic heterocycles. The lowest BCUT2D eigenvalue weighted by molar-refractivity contribution is -0.0515. The van der Waals surface area contributed by atoms with Gasteiger partial charge in [-0.1, -0.05) is 46.8 Å². The summed E-state index contributed by atoms with van der Waals surface area (Å²) >= 11 is 0. The van der Waals surface area contributed by atoms with Gasteiger partial charge in [0.05, 0.1) is 31.2 Å². The van der Waals surface area contributed by atoms with Crippen molar-refractivity contribution in [3.8, 4) is 5.75 Å². The van der Waals surface area contributed by atoms with E-state index in [4.69, 9.17) is 9.29 Å². The van der Waals surface area contributed by atoms with Gasteiger partial charge in [-0.05, 0) is 47.8 Å². The average Bonchev–Trinajstić information content (AvgIpc) is 2.65. The van der Waals surface area contributed by atoms with Crippen molar-refractivity contribution >= 4 is 10.1 Å². The van der Waals surface area contributed by atoms with Crippen LogP contribution in [0.25, 0.3) is 0 Å². The van der Waals surface area contributed by atoms with Crippen LogP contribution in [0.3, 0.4) is 0 Å². The molecule has 0 amide bonds. The standard InChI is InChI=1S/C24H42O8S/c1-22(2,3)17-23(4,5)18-7-9-21(10-8-18)32-24(13-19(27)15-25,14-20(28)16-26)11-6-12-33(29,30)31/h7-10,19-20,25-28H,6,11-17H2,1-5H3,(H,29,30,31). The number of rotatable bonds is 14. The second kappa shape index (κ2) is 12.0. The summed E-state index contributed by atoms with van der Waals surface area (Å²) in [5.74, 6) is -0.0601. The maximum atomic E-state index is 11.2. The monoisotopic (exact) mass is 490 g/mol. The molecule has 2 unspecified atom stereocenters. The molecule has 0 spiro atoms. The van der Waals surface area contributed by atoms with Gasteiger partial charge in [-0.15, -0.1) is 0 Å². The Hall–Kier alpha value is -1.23. The van der Waals surface area contributed by atoms with Gasteiger partial charge in [0.15, 0.2) is 0 Å². The molecule has 0 heterocycles. The molecule has 5 N–H and O–H groups in total. The first kappa shape index (κ1) is 29.8.